The Kier molecular flexibility index (Phi) is 4.80. The summed E-state index contributed by atoms with van der Waals surface area (Å²) < 4.78 is 4.98. The molecule has 0 bridgehead atoms. The van der Waals surface area contributed by atoms with E-state index >= 15 is 0 Å². The fourth-order valence-corrected chi connectivity index (χ4v) is 1.82. The monoisotopic (exact) mass is 292 g/mol. The van der Waals surface area contributed by atoms with Crippen LogP contribution in [-0.4, -0.2) is 21.9 Å². The predicted molar refractivity (Wildman–Crippen MR) is 65.0 cm³/mol. The number of halogens is 2. The first-order valence-corrected chi connectivity index (χ1v) is 6.10. The fourth-order valence-electron chi connectivity index (χ4n) is 1.31. The zero-order valence-electron chi connectivity index (χ0n) is 9.00. The highest BCUT2D eigenvalue weighted by molar-refractivity contribution is 9.09. The molecule has 1 heterocycles. The summed E-state index contributed by atoms with van der Waals surface area (Å²) in [6, 6.07) is 0.358. The molecule has 1 aromatic rings. The second kappa shape index (κ2) is 5.66. The second-order valence-electron chi connectivity index (χ2n) is 3.30. The molecule has 1 rings (SSSR count). The van der Waals surface area contributed by atoms with Gasteiger partial charge in [0.25, 0.3) is 0 Å². The van der Waals surface area contributed by atoms with E-state index in [2.05, 4.69) is 39.7 Å². The topological polar surface area (TPSA) is 35.0 Å². The van der Waals surface area contributed by atoms with Gasteiger partial charge in [-0.05, 0) is 6.42 Å². The van der Waals surface area contributed by atoms with Gasteiger partial charge in [-0.2, -0.15) is 4.98 Å². The molecule has 0 saturated heterocycles. The molecule has 0 aromatic carbocycles. The first-order valence-electron chi connectivity index (χ1n) is 4.80. The number of hydrogen-bond donors (Lipinski definition) is 0. The Morgan fingerprint density at radius 2 is 2.27 bits per heavy atom. The molecule has 84 valence electrons. The molecule has 0 aliphatic heterocycles. The molecule has 0 aliphatic carbocycles. The van der Waals surface area contributed by atoms with Crippen LogP contribution in [0, 0.1) is 0 Å². The molecular weight excluding hydrogens is 279 g/mol. The Bertz CT molecular complexity index is 335. The van der Waals surface area contributed by atoms with E-state index in [9.17, 15) is 0 Å². The number of nitrogens with zero attached hydrogens (tertiary/aromatic N) is 2. The van der Waals surface area contributed by atoms with E-state index in [1.54, 1.807) is 13.3 Å². The summed E-state index contributed by atoms with van der Waals surface area (Å²) in [4.78, 5) is 8.56. The Morgan fingerprint density at radius 1 is 1.60 bits per heavy atom. The summed E-state index contributed by atoms with van der Waals surface area (Å²) >= 11 is 9.65. The maximum Gasteiger partial charge on any atom is 0.316 e. The number of rotatable bonds is 4. The molecule has 0 radical (unpaired) electrons. The maximum absolute atomic E-state index is 6.05. The van der Waals surface area contributed by atoms with E-state index in [1.807, 2.05) is 0 Å². The highest BCUT2D eigenvalue weighted by atomic mass is 79.9. The number of ether oxygens (including phenoxy) is 1. The lowest BCUT2D eigenvalue weighted by molar-refractivity contribution is 0.376. The van der Waals surface area contributed by atoms with Gasteiger partial charge in [0.2, 0.25) is 0 Å². The van der Waals surface area contributed by atoms with Crippen molar-refractivity contribution in [3.05, 3.63) is 16.9 Å². The highest BCUT2D eigenvalue weighted by Gasteiger charge is 2.19. The molecule has 3 nitrogen and oxygen atoms in total. The first-order chi connectivity index (χ1) is 7.10. The van der Waals surface area contributed by atoms with Crippen molar-refractivity contribution >= 4 is 27.5 Å². The summed E-state index contributed by atoms with van der Waals surface area (Å²) in [6.07, 6.45) is 2.60. The maximum atomic E-state index is 6.05. The summed E-state index contributed by atoms with van der Waals surface area (Å²) in [5.74, 6) is 0.236. The molecule has 5 heteroatoms. The van der Waals surface area contributed by atoms with Crippen LogP contribution in [0.1, 0.15) is 31.9 Å². The lowest BCUT2D eigenvalue weighted by Gasteiger charge is -2.17. The van der Waals surface area contributed by atoms with E-state index in [1.165, 1.54) is 0 Å². The van der Waals surface area contributed by atoms with Crippen LogP contribution in [0.25, 0.3) is 0 Å². The molecule has 2 unspecified atom stereocenters. The van der Waals surface area contributed by atoms with Crippen molar-refractivity contribution < 1.29 is 4.74 Å². The number of methoxy groups -OCH3 is 1. The van der Waals surface area contributed by atoms with E-state index < -0.39 is 0 Å². The number of aromatic nitrogens is 2. The molecule has 0 fully saturated rings. The van der Waals surface area contributed by atoms with Crippen molar-refractivity contribution in [1.82, 2.24) is 9.97 Å². The summed E-state index contributed by atoms with van der Waals surface area (Å²) in [5.41, 5.74) is 0.826. The average molecular weight is 294 g/mol. The van der Waals surface area contributed by atoms with Gasteiger partial charge in [0.05, 0.1) is 24.0 Å². The van der Waals surface area contributed by atoms with Gasteiger partial charge in [0, 0.05) is 10.7 Å². The van der Waals surface area contributed by atoms with Gasteiger partial charge in [0.15, 0.2) is 0 Å². The van der Waals surface area contributed by atoms with E-state index in [-0.39, 0.29) is 5.92 Å². The smallest absolute Gasteiger partial charge is 0.316 e. The fraction of sp³-hybridized carbons (Fsp3) is 0.600. The Labute approximate surface area is 103 Å². The lowest BCUT2D eigenvalue weighted by Crippen LogP contribution is -2.11. The van der Waals surface area contributed by atoms with Crippen molar-refractivity contribution in [2.24, 2.45) is 0 Å². The Morgan fingerprint density at radius 3 is 2.80 bits per heavy atom. The highest BCUT2D eigenvalue weighted by Crippen LogP contribution is 2.30. The third kappa shape index (κ3) is 3.05. The molecule has 0 saturated carbocycles. The van der Waals surface area contributed by atoms with Crippen molar-refractivity contribution in [2.45, 2.75) is 31.0 Å². The summed E-state index contributed by atoms with van der Waals surface area (Å²) in [5, 5.41) is 0.584. The van der Waals surface area contributed by atoms with Crippen LogP contribution in [0.3, 0.4) is 0 Å². The number of hydrogen-bond acceptors (Lipinski definition) is 3. The van der Waals surface area contributed by atoms with Crippen molar-refractivity contribution in [1.29, 1.82) is 0 Å². The zero-order valence-corrected chi connectivity index (χ0v) is 11.3. The quantitative estimate of drug-likeness (QED) is 0.798. The third-order valence-corrected chi connectivity index (χ3v) is 4.03. The van der Waals surface area contributed by atoms with Crippen LogP contribution < -0.4 is 4.74 Å². The minimum absolute atomic E-state index is 0.236. The zero-order chi connectivity index (χ0) is 11.4. The SMILES string of the molecule is CCC(Br)C(C)c1nc(OC)ncc1Cl. The number of alkyl halides is 1. The van der Waals surface area contributed by atoms with Gasteiger partial charge < -0.3 is 4.74 Å². The van der Waals surface area contributed by atoms with Crippen LogP contribution in [0.2, 0.25) is 5.02 Å². The Balaban J connectivity index is 3.01. The molecule has 0 amide bonds. The van der Waals surface area contributed by atoms with Gasteiger partial charge in [-0.25, -0.2) is 4.98 Å². The Hall–Kier alpha value is -0.350. The molecule has 0 spiro atoms. The van der Waals surface area contributed by atoms with Gasteiger partial charge in [-0.3, -0.25) is 0 Å². The predicted octanol–water partition coefficient (Wildman–Crippen LogP) is 3.42. The van der Waals surface area contributed by atoms with Crippen LogP contribution in [0.15, 0.2) is 6.20 Å². The summed E-state index contributed by atoms with van der Waals surface area (Å²) in [6.45, 7) is 4.19. The molecule has 0 aliphatic rings. The van der Waals surface area contributed by atoms with Gasteiger partial charge in [-0.1, -0.05) is 41.4 Å². The largest absolute Gasteiger partial charge is 0.467 e. The first kappa shape index (κ1) is 12.7. The van der Waals surface area contributed by atoms with Crippen molar-refractivity contribution in [3.8, 4) is 6.01 Å². The van der Waals surface area contributed by atoms with Crippen LogP contribution in [-0.2, 0) is 0 Å². The van der Waals surface area contributed by atoms with E-state index in [0.29, 0.717) is 15.9 Å². The molecule has 15 heavy (non-hydrogen) atoms. The van der Waals surface area contributed by atoms with Gasteiger partial charge in [0.1, 0.15) is 0 Å². The van der Waals surface area contributed by atoms with Crippen LogP contribution >= 0.6 is 27.5 Å². The van der Waals surface area contributed by atoms with E-state index in [4.69, 9.17) is 16.3 Å². The molecule has 1 aromatic heterocycles. The molecule has 0 N–H and O–H groups in total. The van der Waals surface area contributed by atoms with Crippen molar-refractivity contribution in [2.75, 3.05) is 7.11 Å². The lowest BCUT2D eigenvalue weighted by atomic mass is 10.0. The van der Waals surface area contributed by atoms with Crippen LogP contribution in [0.4, 0.5) is 0 Å². The normalized spacial score (nSPS) is 14.7. The van der Waals surface area contributed by atoms with Gasteiger partial charge in [-0.15, -0.1) is 0 Å². The minimum Gasteiger partial charge on any atom is -0.467 e. The third-order valence-electron chi connectivity index (χ3n) is 2.30. The second-order valence-corrected chi connectivity index (χ2v) is 4.89. The van der Waals surface area contributed by atoms with Crippen LogP contribution in [0.5, 0.6) is 6.01 Å². The molecular formula is C10H14BrClN2O. The van der Waals surface area contributed by atoms with Gasteiger partial charge >= 0.3 is 6.01 Å². The average Bonchev–Trinajstić information content (AvgIpc) is 2.27. The summed E-state index contributed by atoms with van der Waals surface area (Å²) in [7, 11) is 1.54. The minimum atomic E-state index is 0.236. The van der Waals surface area contributed by atoms with E-state index in [0.717, 1.165) is 12.1 Å². The van der Waals surface area contributed by atoms with Crippen molar-refractivity contribution in [3.63, 3.8) is 0 Å². The standard InChI is InChI=1S/C10H14BrClN2O/c1-4-7(11)6(2)9-8(12)5-13-10(14-9)15-3/h5-7H,4H2,1-3H3. The molecule has 2 atom stereocenters.